The molecule has 1 aliphatic heterocycles. The minimum Gasteiger partial charge on any atom is -0.362 e. The number of Topliss-reactive ketones (excluding diaryl/α,β-unsaturated/α-hetero) is 1. The number of ketones is 1. The summed E-state index contributed by atoms with van der Waals surface area (Å²) in [5, 5.41) is 0. The standard InChI is InChI=1S/C14H18N2O2/c1-10(17)11-4-5-13-12(8-11)6-7-16(13)9-14(18)15(2)3/h4-5,8H,6-7,9H2,1-3H3. The number of carbonyl (C=O) groups is 2. The van der Waals surface area contributed by atoms with Crippen LogP contribution in [0.5, 0.6) is 0 Å². The predicted molar refractivity (Wildman–Crippen MR) is 71.1 cm³/mol. The molecule has 4 nitrogen and oxygen atoms in total. The zero-order chi connectivity index (χ0) is 13.3. The summed E-state index contributed by atoms with van der Waals surface area (Å²) in [6, 6.07) is 5.72. The molecule has 0 unspecified atom stereocenters. The molecule has 0 saturated heterocycles. The van der Waals surface area contributed by atoms with Crippen molar-refractivity contribution < 1.29 is 9.59 Å². The van der Waals surface area contributed by atoms with Crippen LogP contribution in [0.3, 0.4) is 0 Å². The number of amides is 1. The van der Waals surface area contributed by atoms with Gasteiger partial charge >= 0.3 is 0 Å². The van der Waals surface area contributed by atoms with Crippen LogP contribution < -0.4 is 4.90 Å². The van der Waals surface area contributed by atoms with E-state index in [0.717, 1.165) is 29.8 Å². The highest BCUT2D eigenvalue weighted by atomic mass is 16.2. The smallest absolute Gasteiger partial charge is 0.241 e. The van der Waals surface area contributed by atoms with Gasteiger partial charge in [0.1, 0.15) is 0 Å². The molecule has 0 saturated carbocycles. The molecule has 1 heterocycles. The van der Waals surface area contributed by atoms with Gasteiger partial charge in [0.2, 0.25) is 5.91 Å². The van der Waals surface area contributed by atoms with Crippen LogP contribution in [0.1, 0.15) is 22.8 Å². The molecular formula is C14H18N2O2. The maximum Gasteiger partial charge on any atom is 0.241 e. The number of likely N-dealkylation sites (N-methyl/N-ethyl adjacent to an activating group) is 1. The largest absolute Gasteiger partial charge is 0.362 e. The Bertz CT molecular complexity index is 495. The van der Waals surface area contributed by atoms with Crippen molar-refractivity contribution in [1.29, 1.82) is 0 Å². The van der Waals surface area contributed by atoms with Crippen LogP contribution in [0.2, 0.25) is 0 Å². The molecule has 96 valence electrons. The van der Waals surface area contributed by atoms with Crippen molar-refractivity contribution in [3.8, 4) is 0 Å². The third kappa shape index (κ3) is 2.37. The highest BCUT2D eigenvalue weighted by Crippen LogP contribution is 2.28. The Morgan fingerprint density at radius 1 is 1.33 bits per heavy atom. The van der Waals surface area contributed by atoms with Gasteiger partial charge < -0.3 is 9.80 Å². The lowest BCUT2D eigenvalue weighted by Crippen LogP contribution is -2.35. The minimum absolute atomic E-state index is 0.0839. The number of rotatable bonds is 3. The summed E-state index contributed by atoms with van der Waals surface area (Å²) in [6.07, 6.45) is 0.900. The average Bonchev–Trinajstić information content (AvgIpc) is 2.71. The number of fused-ring (bicyclic) bond motifs is 1. The van der Waals surface area contributed by atoms with Crippen molar-refractivity contribution in [2.24, 2.45) is 0 Å². The molecule has 1 amide bonds. The molecular weight excluding hydrogens is 228 g/mol. The fraction of sp³-hybridized carbons (Fsp3) is 0.429. The zero-order valence-corrected chi connectivity index (χ0v) is 11.1. The second-order valence-corrected chi connectivity index (χ2v) is 4.86. The molecule has 0 atom stereocenters. The lowest BCUT2D eigenvalue weighted by molar-refractivity contribution is -0.127. The number of hydrogen-bond donors (Lipinski definition) is 0. The summed E-state index contributed by atoms with van der Waals surface area (Å²) in [7, 11) is 3.52. The number of benzene rings is 1. The van der Waals surface area contributed by atoms with E-state index >= 15 is 0 Å². The first-order valence-corrected chi connectivity index (χ1v) is 6.08. The molecule has 0 N–H and O–H groups in total. The summed E-state index contributed by atoms with van der Waals surface area (Å²) in [4.78, 5) is 26.7. The van der Waals surface area contributed by atoms with Crippen molar-refractivity contribution >= 4 is 17.4 Å². The second-order valence-electron chi connectivity index (χ2n) is 4.86. The van der Waals surface area contributed by atoms with Crippen molar-refractivity contribution in [1.82, 2.24) is 4.90 Å². The van der Waals surface area contributed by atoms with Gasteiger partial charge in [0.25, 0.3) is 0 Å². The van der Waals surface area contributed by atoms with Crippen LogP contribution >= 0.6 is 0 Å². The van der Waals surface area contributed by atoms with Gasteiger partial charge in [-0.25, -0.2) is 0 Å². The van der Waals surface area contributed by atoms with Crippen LogP contribution in [0.25, 0.3) is 0 Å². The fourth-order valence-electron chi connectivity index (χ4n) is 2.16. The fourth-order valence-corrected chi connectivity index (χ4v) is 2.16. The number of anilines is 1. The van der Waals surface area contributed by atoms with E-state index in [4.69, 9.17) is 0 Å². The molecule has 2 rings (SSSR count). The lowest BCUT2D eigenvalue weighted by Gasteiger charge is -2.21. The molecule has 0 aliphatic carbocycles. The van der Waals surface area contributed by atoms with E-state index in [0.29, 0.717) is 6.54 Å². The molecule has 1 aromatic rings. The normalized spacial score (nSPS) is 13.4. The SMILES string of the molecule is CC(=O)c1ccc2c(c1)CCN2CC(=O)N(C)C. The molecule has 0 aromatic heterocycles. The van der Waals surface area contributed by atoms with E-state index in [2.05, 4.69) is 4.90 Å². The molecule has 1 aliphatic rings. The van der Waals surface area contributed by atoms with Gasteiger partial charge in [-0.05, 0) is 37.1 Å². The zero-order valence-electron chi connectivity index (χ0n) is 11.1. The van der Waals surface area contributed by atoms with Crippen LogP contribution in [-0.4, -0.2) is 43.8 Å². The van der Waals surface area contributed by atoms with Crippen LogP contribution in [0.15, 0.2) is 18.2 Å². The van der Waals surface area contributed by atoms with Gasteiger partial charge in [-0.3, -0.25) is 9.59 Å². The summed E-state index contributed by atoms with van der Waals surface area (Å²) in [5.41, 5.74) is 2.99. The van der Waals surface area contributed by atoms with E-state index in [1.165, 1.54) is 0 Å². The first-order valence-electron chi connectivity index (χ1n) is 6.08. The molecule has 0 bridgehead atoms. The maximum absolute atomic E-state index is 11.7. The Balaban J connectivity index is 2.19. The second kappa shape index (κ2) is 4.80. The molecule has 1 aromatic carbocycles. The Morgan fingerprint density at radius 2 is 2.06 bits per heavy atom. The summed E-state index contributed by atoms with van der Waals surface area (Å²) < 4.78 is 0. The van der Waals surface area contributed by atoms with Crippen LogP contribution in [-0.2, 0) is 11.2 Å². The minimum atomic E-state index is 0.0839. The highest BCUT2D eigenvalue weighted by molar-refractivity contribution is 5.95. The number of carbonyl (C=O) groups excluding carboxylic acids is 2. The highest BCUT2D eigenvalue weighted by Gasteiger charge is 2.22. The van der Waals surface area contributed by atoms with Gasteiger partial charge in [-0.2, -0.15) is 0 Å². The van der Waals surface area contributed by atoms with E-state index in [-0.39, 0.29) is 11.7 Å². The summed E-state index contributed by atoms with van der Waals surface area (Å²) in [5.74, 6) is 0.180. The van der Waals surface area contributed by atoms with Gasteiger partial charge in [0, 0.05) is 31.9 Å². The lowest BCUT2D eigenvalue weighted by atomic mass is 10.1. The number of hydrogen-bond acceptors (Lipinski definition) is 3. The molecule has 18 heavy (non-hydrogen) atoms. The topological polar surface area (TPSA) is 40.6 Å². The van der Waals surface area contributed by atoms with E-state index < -0.39 is 0 Å². The third-order valence-electron chi connectivity index (χ3n) is 3.30. The predicted octanol–water partition coefficient (Wildman–Crippen LogP) is 1.34. The third-order valence-corrected chi connectivity index (χ3v) is 3.30. The quantitative estimate of drug-likeness (QED) is 0.756. The van der Waals surface area contributed by atoms with Gasteiger partial charge in [-0.15, -0.1) is 0 Å². The van der Waals surface area contributed by atoms with Gasteiger partial charge in [-0.1, -0.05) is 0 Å². The van der Waals surface area contributed by atoms with Gasteiger partial charge in [0.15, 0.2) is 5.78 Å². The Morgan fingerprint density at radius 3 is 2.67 bits per heavy atom. The van der Waals surface area contributed by atoms with Crippen molar-refractivity contribution in [3.05, 3.63) is 29.3 Å². The maximum atomic E-state index is 11.7. The van der Waals surface area contributed by atoms with E-state index in [1.807, 2.05) is 18.2 Å². The Labute approximate surface area is 107 Å². The van der Waals surface area contributed by atoms with E-state index in [9.17, 15) is 9.59 Å². The van der Waals surface area contributed by atoms with Gasteiger partial charge in [0.05, 0.1) is 6.54 Å². The average molecular weight is 246 g/mol. The van der Waals surface area contributed by atoms with Crippen molar-refractivity contribution in [3.63, 3.8) is 0 Å². The first kappa shape index (κ1) is 12.6. The molecule has 0 spiro atoms. The van der Waals surface area contributed by atoms with E-state index in [1.54, 1.807) is 25.9 Å². The molecule has 4 heteroatoms. The summed E-state index contributed by atoms with van der Waals surface area (Å²) in [6.45, 7) is 2.82. The van der Waals surface area contributed by atoms with Crippen molar-refractivity contribution in [2.45, 2.75) is 13.3 Å². The van der Waals surface area contributed by atoms with Crippen LogP contribution in [0, 0.1) is 0 Å². The molecule has 0 fully saturated rings. The van der Waals surface area contributed by atoms with Crippen LogP contribution in [0.4, 0.5) is 5.69 Å². The monoisotopic (exact) mass is 246 g/mol. The summed E-state index contributed by atoms with van der Waals surface area (Å²) >= 11 is 0. The molecule has 0 radical (unpaired) electrons. The van der Waals surface area contributed by atoms with Crippen molar-refractivity contribution in [2.75, 3.05) is 32.1 Å². The first-order chi connectivity index (χ1) is 8.49. The Kier molecular flexibility index (Phi) is 3.36. The Hall–Kier alpha value is -1.84. The number of nitrogens with zero attached hydrogens (tertiary/aromatic N) is 2.